The summed E-state index contributed by atoms with van der Waals surface area (Å²) in [6, 6.07) is 17.5. The lowest BCUT2D eigenvalue weighted by atomic mass is 10.0. The topological polar surface area (TPSA) is 43.8 Å². The third-order valence-electron chi connectivity index (χ3n) is 4.43. The van der Waals surface area contributed by atoms with Gasteiger partial charge in [-0.2, -0.15) is 0 Å². The Labute approximate surface area is 137 Å². The molecule has 0 unspecified atom stereocenters. The molecule has 1 saturated heterocycles. The predicted molar refractivity (Wildman–Crippen MR) is 91.8 cm³/mol. The van der Waals surface area contributed by atoms with E-state index in [0.717, 1.165) is 37.3 Å². The van der Waals surface area contributed by atoms with Gasteiger partial charge >= 0.3 is 5.97 Å². The van der Waals surface area contributed by atoms with Gasteiger partial charge in [0.1, 0.15) is 6.04 Å². The fourth-order valence-electron chi connectivity index (χ4n) is 3.14. The van der Waals surface area contributed by atoms with Crippen LogP contribution in [0, 0.1) is 6.92 Å². The van der Waals surface area contributed by atoms with Crippen molar-refractivity contribution < 1.29 is 9.90 Å². The highest BCUT2D eigenvalue weighted by Gasteiger charge is 2.30. The van der Waals surface area contributed by atoms with Gasteiger partial charge in [-0.15, -0.1) is 0 Å². The summed E-state index contributed by atoms with van der Waals surface area (Å²) in [7, 11) is 0. The number of carboxylic acids is 1. The maximum atomic E-state index is 11.8. The lowest BCUT2D eigenvalue weighted by molar-refractivity contribution is -0.143. The normalized spacial score (nSPS) is 17.0. The van der Waals surface area contributed by atoms with Crippen LogP contribution >= 0.6 is 0 Å². The van der Waals surface area contributed by atoms with Crippen molar-refractivity contribution in [2.45, 2.75) is 13.0 Å². The first-order valence-corrected chi connectivity index (χ1v) is 7.98. The van der Waals surface area contributed by atoms with Crippen LogP contribution in [0.25, 0.3) is 0 Å². The summed E-state index contributed by atoms with van der Waals surface area (Å²) in [6.07, 6.45) is 0. The maximum absolute atomic E-state index is 11.8. The summed E-state index contributed by atoms with van der Waals surface area (Å²) in [6.45, 7) is 5.21. The van der Waals surface area contributed by atoms with Gasteiger partial charge in [-0.05, 0) is 24.6 Å². The standard InChI is InChI=1S/C19H22N2O2/c1-15-7-9-16(10-8-15)18(19(22)23)21-13-11-20(12-14-21)17-5-3-2-4-6-17/h2-10,18H,11-14H2,1H3,(H,22,23)/t18-/m1/s1. The van der Waals surface area contributed by atoms with Crippen LogP contribution in [0.4, 0.5) is 5.69 Å². The highest BCUT2D eigenvalue weighted by Crippen LogP contribution is 2.24. The van der Waals surface area contributed by atoms with Crippen molar-refractivity contribution in [3.63, 3.8) is 0 Å². The molecule has 1 N–H and O–H groups in total. The minimum absolute atomic E-state index is 0.562. The second kappa shape index (κ2) is 6.84. The Morgan fingerprint density at radius 3 is 2.13 bits per heavy atom. The van der Waals surface area contributed by atoms with Crippen LogP contribution in [0.15, 0.2) is 54.6 Å². The Balaban J connectivity index is 1.71. The fraction of sp³-hybridized carbons (Fsp3) is 0.316. The van der Waals surface area contributed by atoms with Crippen LogP contribution in [0.5, 0.6) is 0 Å². The number of benzene rings is 2. The Hall–Kier alpha value is -2.33. The summed E-state index contributed by atoms with van der Waals surface area (Å²) in [4.78, 5) is 16.2. The summed E-state index contributed by atoms with van der Waals surface area (Å²) in [5, 5.41) is 9.68. The molecule has 1 aliphatic rings. The highest BCUT2D eigenvalue weighted by atomic mass is 16.4. The second-order valence-corrected chi connectivity index (χ2v) is 6.01. The molecule has 1 atom stereocenters. The molecule has 1 heterocycles. The van der Waals surface area contributed by atoms with E-state index >= 15 is 0 Å². The van der Waals surface area contributed by atoms with E-state index < -0.39 is 12.0 Å². The zero-order valence-electron chi connectivity index (χ0n) is 13.4. The molecule has 23 heavy (non-hydrogen) atoms. The molecule has 0 spiro atoms. The quantitative estimate of drug-likeness (QED) is 0.943. The molecule has 1 fully saturated rings. The van der Waals surface area contributed by atoms with Gasteiger partial charge in [0.2, 0.25) is 0 Å². The van der Waals surface area contributed by atoms with E-state index in [2.05, 4.69) is 21.9 Å². The summed E-state index contributed by atoms with van der Waals surface area (Å²) < 4.78 is 0. The molecular weight excluding hydrogens is 288 g/mol. The van der Waals surface area contributed by atoms with E-state index in [0.29, 0.717) is 0 Å². The Morgan fingerprint density at radius 2 is 1.57 bits per heavy atom. The average molecular weight is 310 g/mol. The molecule has 0 amide bonds. The van der Waals surface area contributed by atoms with Crippen molar-refractivity contribution in [1.82, 2.24) is 4.90 Å². The zero-order valence-corrected chi connectivity index (χ0v) is 13.4. The predicted octanol–water partition coefficient (Wildman–Crippen LogP) is 2.94. The number of aliphatic carboxylic acids is 1. The molecular formula is C19H22N2O2. The third kappa shape index (κ3) is 3.54. The number of hydrogen-bond donors (Lipinski definition) is 1. The first-order chi connectivity index (χ1) is 11.1. The molecule has 0 aliphatic carbocycles. The number of carboxylic acid groups (broad SMARTS) is 1. The molecule has 2 aromatic rings. The van der Waals surface area contributed by atoms with E-state index in [4.69, 9.17) is 0 Å². The van der Waals surface area contributed by atoms with Gasteiger partial charge in [0.15, 0.2) is 0 Å². The van der Waals surface area contributed by atoms with Crippen molar-refractivity contribution in [1.29, 1.82) is 0 Å². The summed E-state index contributed by atoms with van der Waals surface area (Å²) in [5.41, 5.74) is 3.21. The number of rotatable bonds is 4. The van der Waals surface area contributed by atoms with E-state index in [-0.39, 0.29) is 0 Å². The van der Waals surface area contributed by atoms with Gasteiger partial charge < -0.3 is 10.0 Å². The smallest absolute Gasteiger partial charge is 0.325 e. The molecule has 4 nitrogen and oxygen atoms in total. The van der Waals surface area contributed by atoms with Gasteiger partial charge in [-0.3, -0.25) is 9.69 Å². The fourth-order valence-corrected chi connectivity index (χ4v) is 3.14. The molecule has 0 saturated carbocycles. The molecule has 3 rings (SSSR count). The van der Waals surface area contributed by atoms with Gasteiger partial charge in [0, 0.05) is 31.9 Å². The number of para-hydroxylation sites is 1. The van der Waals surface area contributed by atoms with Crippen molar-refractivity contribution >= 4 is 11.7 Å². The highest BCUT2D eigenvalue weighted by molar-refractivity contribution is 5.75. The largest absolute Gasteiger partial charge is 0.480 e. The van der Waals surface area contributed by atoms with E-state index in [1.54, 1.807) is 0 Å². The third-order valence-corrected chi connectivity index (χ3v) is 4.43. The van der Waals surface area contributed by atoms with E-state index in [9.17, 15) is 9.90 Å². The summed E-state index contributed by atoms with van der Waals surface area (Å²) in [5.74, 6) is -0.776. The zero-order chi connectivity index (χ0) is 16.2. The molecule has 0 radical (unpaired) electrons. The number of nitrogens with zero attached hydrogens (tertiary/aromatic N) is 2. The number of anilines is 1. The van der Waals surface area contributed by atoms with Crippen LogP contribution in [-0.4, -0.2) is 42.2 Å². The van der Waals surface area contributed by atoms with Gasteiger partial charge in [-0.1, -0.05) is 48.0 Å². The average Bonchev–Trinajstić information content (AvgIpc) is 2.58. The van der Waals surface area contributed by atoms with Crippen LogP contribution < -0.4 is 4.90 Å². The molecule has 0 bridgehead atoms. The first-order valence-electron chi connectivity index (χ1n) is 7.98. The van der Waals surface area contributed by atoms with E-state index in [1.807, 2.05) is 49.4 Å². The molecule has 0 aromatic heterocycles. The molecule has 4 heteroatoms. The van der Waals surface area contributed by atoms with Crippen molar-refractivity contribution in [3.8, 4) is 0 Å². The van der Waals surface area contributed by atoms with Crippen LogP contribution in [0.3, 0.4) is 0 Å². The molecule has 120 valence electrons. The van der Waals surface area contributed by atoms with Crippen LogP contribution in [0.2, 0.25) is 0 Å². The van der Waals surface area contributed by atoms with Crippen LogP contribution in [-0.2, 0) is 4.79 Å². The van der Waals surface area contributed by atoms with Crippen LogP contribution in [0.1, 0.15) is 17.2 Å². The first kappa shape index (κ1) is 15.6. The van der Waals surface area contributed by atoms with Gasteiger partial charge in [0.05, 0.1) is 0 Å². The minimum atomic E-state index is -0.776. The number of piperazine rings is 1. The SMILES string of the molecule is Cc1ccc([C@H](C(=O)O)N2CCN(c3ccccc3)CC2)cc1. The van der Waals surface area contributed by atoms with Gasteiger partial charge in [0.25, 0.3) is 0 Å². The molecule has 1 aliphatic heterocycles. The maximum Gasteiger partial charge on any atom is 0.325 e. The minimum Gasteiger partial charge on any atom is -0.480 e. The Bertz CT molecular complexity index is 647. The number of hydrogen-bond acceptors (Lipinski definition) is 3. The van der Waals surface area contributed by atoms with Crippen molar-refractivity contribution in [2.75, 3.05) is 31.1 Å². The Morgan fingerprint density at radius 1 is 0.957 bits per heavy atom. The summed E-state index contributed by atoms with van der Waals surface area (Å²) >= 11 is 0. The second-order valence-electron chi connectivity index (χ2n) is 6.01. The Kier molecular flexibility index (Phi) is 4.63. The monoisotopic (exact) mass is 310 g/mol. The van der Waals surface area contributed by atoms with Crippen molar-refractivity contribution in [3.05, 3.63) is 65.7 Å². The lowest BCUT2D eigenvalue weighted by Gasteiger charge is -2.39. The van der Waals surface area contributed by atoms with E-state index in [1.165, 1.54) is 5.69 Å². The van der Waals surface area contributed by atoms with Crippen molar-refractivity contribution in [2.24, 2.45) is 0 Å². The van der Waals surface area contributed by atoms with Gasteiger partial charge in [-0.25, -0.2) is 0 Å². The lowest BCUT2D eigenvalue weighted by Crippen LogP contribution is -2.49. The molecule has 2 aromatic carbocycles. The number of carbonyl (C=O) groups is 1. The number of aryl methyl sites for hydroxylation is 1.